The van der Waals surface area contributed by atoms with Crippen molar-refractivity contribution < 1.29 is 14.3 Å². The molecule has 0 aliphatic carbocycles. The highest BCUT2D eigenvalue weighted by Crippen LogP contribution is 2.23. The molecule has 0 radical (unpaired) electrons. The number of amides is 2. The number of anilines is 1. The predicted molar refractivity (Wildman–Crippen MR) is 125 cm³/mol. The second-order valence-electron chi connectivity index (χ2n) is 6.78. The SMILES string of the molecule is O=C1NC(=S)N(c2ccccc2)C(=O)/C1=C/c1cccc(OCc2cccc(Cl)c2)c1. The van der Waals surface area contributed by atoms with Crippen molar-refractivity contribution in [1.82, 2.24) is 5.32 Å². The van der Waals surface area contributed by atoms with Gasteiger partial charge in [-0.15, -0.1) is 0 Å². The monoisotopic (exact) mass is 448 g/mol. The summed E-state index contributed by atoms with van der Waals surface area (Å²) in [6.45, 7) is 0.343. The molecule has 0 aromatic heterocycles. The summed E-state index contributed by atoms with van der Waals surface area (Å²) in [6.07, 6.45) is 1.53. The minimum Gasteiger partial charge on any atom is -0.489 e. The van der Waals surface area contributed by atoms with Gasteiger partial charge in [-0.25, -0.2) is 0 Å². The van der Waals surface area contributed by atoms with Crippen molar-refractivity contribution in [1.29, 1.82) is 0 Å². The fourth-order valence-electron chi connectivity index (χ4n) is 3.12. The Hall–Kier alpha value is -3.48. The Balaban J connectivity index is 1.57. The number of halogens is 1. The zero-order chi connectivity index (χ0) is 21.8. The molecule has 5 nitrogen and oxygen atoms in total. The average molecular weight is 449 g/mol. The van der Waals surface area contributed by atoms with Crippen LogP contribution in [0, 0.1) is 0 Å². The molecular weight excluding hydrogens is 432 g/mol. The van der Waals surface area contributed by atoms with E-state index in [9.17, 15) is 9.59 Å². The number of rotatable bonds is 5. The van der Waals surface area contributed by atoms with Crippen molar-refractivity contribution in [3.05, 3.63) is 101 Å². The molecular formula is C24H17ClN2O3S. The van der Waals surface area contributed by atoms with Gasteiger partial charge < -0.3 is 4.74 Å². The largest absolute Gasteiger partial charge is 0.489 e. The van der Waals surface area contributed by atoms with Crippen LogP contribution in [0.4, 0.5) is 5.69 Å². The molecule has 0 atom stereocenters. The van der Waals surface area contributed by atoms with E-state index < -0.39 is 11.8 Å². The second-order valence-corrected chi connectivity index (χ2v) is 7.61. The highest BCUT2D eigenvalue weighted by molar-refractivity contribution is 7.80. The molecule has 1 fully saturated rings. The van der Waals surface area contributed by atoms with Crippen LogP contribution in [0.15, 0.2) is 84.4 Å². The number of carbonyl (C=O) groups excluding carboxylic acids is 2. The van der Waals surface area contributed by atoms with Crippen LogP contribution in [0.3, 0.4) is 0 Å². The van der Waals surface area contributed by atoms with Gasteiger partial charge in [0, 0.05) is 5.02 Å². The lowest BCUT2D eigenvalue weighted by molar-refractivity contribution is -0.122. The highest BCUT2D eigenvalue weighted by Gasteiger charge is 2.34. The summed E-state index contributed by atoms with van der Waals surface area (Å²) in [7, 11) is 0. The van der Waals surface area contributed by atoms with E-state index >= 15 is 0 Å². The first-order chi connectivity index (χ1) is 15.0. The summed E-state index contributed by atoms with van der Waals surface area (Å²) in [5.41, 5.74) is 2.17. The molecule has 7 heteroatoms. The first kappa shape index (κ1) is 20.8. The molecule has 1 aliphatic rings. The maximum atomic E-state index is 13.0. The zero-order valence-corrected chi connectivity index (χ0v) is 17.8. The average Bonchev–Trinajstić information content (AvgIpc) is 2.76. The number of thiocarbonyl (C=S) groups is 1. The van der Waals surface area contributed by atoms with E-state index in [1.54, 1.807) is 54.6 Å². The second kappa shape index (κ2) is 9.12. The van der Waals surface area contributed by atoms with E-state index in [2.05, 4.69) is 5.32 Å². The lowest BCUT2D eigenvalue weighted by Gasteiger charge is -2.28. The molecule has 1 N–H and O–H groups in total. The van der Waals surface area contributed by atoms with Crippen LogP contribution < -0.4 is 15.0 Å². The molecule has 0 bridgehead atoms. The van der Waals surface area contributed by atoms with Crippen molar-refractivity contribution in [2.75, 3.05) is 4.90 Å². The van der Waals surface area contributed by atoms with Crippen molar-refractivity contribution in [2.24, 2.45) is 0 Å². The first-order valence-electron chi connectivity index (χ1n) is 9.45. The quantitative estimate of drug-likeness (QED) is 0.347. The maximum Gasteiger partial charge on any atom is 0.270 e. The Kier molecular flexibility index (Phi) is 6.11. The smallest absolute Gasteiger partial charge is 0.270 e. The van der Waals surface area contributed by atoms with E-state index in [-0.39, 0.29) is 10.7 Å². The first-order valence-corrected chi connectivity index (χ1v) is 10.2. The van der Waals surface area contributed by atoms with E-state index in [0.29, 0.717) is 28.6 Å². The number of nitrogens with one attached hydrogen (secondary N) is 1. The van der Waals surface area contributed by atoms with Crippen molar-refractivity contribution in [3.8, 4) is 5.75 Å². The Morgan fingerprint density at radius 3 is 2.52 bits per heavy atom. The summed E-state index contributed by atoms with van der Waals surface area (Å²) in [4.78, 5) is 26.8. The van der Waals surface area contributed by atoms with Crippen molar-refractivity contribution in [3.63, 3.8) is 0 Å². The van der Waals surface area contributed by atoms with Gasteiger partial charge >= 0.3 is 0 Å². The van der Waals surface area contributed by atoms with Crippen LogP contribution in [0.5, 0.6) is 5.75 Å². The third-order valence-electron chi connectivity index (χ3n) is 4.58. The number of para-hydroxylation sites is 1. The lowest BCUT2D eigenvalue weighted by atomic mass is 10.1. The van der Waals surface area contributed by atoms with Gasteiger partial charge in [-0.2, -0.15) is 0 Å². The van der Waals surface area contributed by atoms with E-state index in [1.165, 1.54) is 11.0 Å². The van der Waals surface area contributed by atoms with Crippen LogP contribution in [-0.4, -0.2) is 16.9 Å². The molecule has 4 rings (SSSR count). The number of ether oxygens (including phenoxy) is 1. The Morgan fingerprint density at radius 1 is 0.968 bits per heavy atom. The Bertz CT molecular complexity index is 1190. The summed E-state index contributed by atoms with van der Waals surface area (Å²) in [5, 5.41) is 3.27. The summed E-state index contributed by atoms with van der Waals surface area (Å²) in [6, 6.07) is 23.5. The standard InChI is InChI=1S/C24H17ClN2O3S/c25-18-8-4-7-17(12-18)15-30-20-11-5-6-16(13-20)14-21-22(28)26-24(31)27(23(21)29)19-9-2-1-3-10-19/h1-14H,15H2,(H,26,28,31)/b21-14+. The normalized spacial score (nSPS) is 15.2. The molecule has 3 aromatic rings. The van der Waals surface area contributed by atoms with Crippen LogP contribution in [0.25, 0.3) is 6.08 Å². The molecule has 1 saturated heterocycles. The van der Waals surface area contributed by atoms with Crippen LogP contribution in [-0.2, 0) is 16.2 Å². The third kappa shape index (κ3) is 4.82. The fraction of sp³-hybridized carbons (Fsp3) is 0.0417. The Labute approximate surface area is 189 Å². The van der Waals surface area contributed by atoms with Crippen LogP contribution in [0.1, 0.15) is 11.1 Å². The minimum absolute atomic E-state index is 0.00977. The zero-order valence-electron chi connectivity index (χ0n) is 16.2. The van der Waals surface area contributed by atoms with E-state index in [0.717, 1.165) is 5.56 Å². The molecule has 31 heavy (non-hydrogen) atoms. The van der Waals surface area contributed by atoms with Gasteiger partial charge in [-0.05, 0) is 65.8 Å². The summed E-state index contributed by atoms with van der Waals surface area (Å²) >= 11 is 11.2. The molecule has 3 aromatic carbocycles. The number of carbonyl (C=O) groups is 2. The Morgan fingerprint density at radius 2 is 1.74 bits per heavy atom. The number of hydrogen-bond acceptors (Lipinski definition) is 4. The summed E-state index contributed by atoms with van der Waals surface area (Å²) < 4.78 is 5.83. The van der Waals surface area contributed by atoms with Crippen molar-refractivity contribution >= 4 is 52.5 Å². The molecule has 0 saturated carbocycles. The van der Waals surface area contributed by atoms with Gasteiger partial charge in [0.15, 0.2) is 5.11 Å². The molecule has 2 amide bonds. The van der Waals surface area contributed by atoms with Gasteiger partial charge in [0.2, 0.25) is 0 Å². The molecule has 1 aliphatic heterocycles. The number of nitrogens with zero attached hydrogens (tertiary/aromatic N) is 1. The van der Waals surface area contributed by atoms with E-state index in [1.807, 2.05) is 24.3 Å². The van der Waals surface area contributed by atoms with Gasteiger partial charge in [-0.1, -0.05) is 54.1 Å². The minimum atomic E-state index is -0.535. The lowest BCUT2D eigenvalue weighted by Crippen LogP contribution is -2.54. The fourth-order valence-corrected chi connectivity index (χ4v) is 3.62. The molecule has 0 unspecified atom stereocenters. The summed E-state index contributed by atoms with van der Waals surface area (Å²) in [5.74, 6) is -0.411. The van der Waals surface area contributed by atoms with Crippen LogP contribution >= 0.6 is 23.8 Å². The predicted octanol–water partition coefficient (Wildman–Crippen LogP) is 4.75. The van der Waals surface area contributed by atoms with Gasteiger partial charge in [-0.3, -0.25) is 19.8 Å². The van der Waals surface area contributed by atoms with E-state index in [4.69, 9.17) is 28.6 Å². The van der Waals surface area contributed by atoms with Gasteiger partial charge in [0.1, 0.15) is 17.9 Å². The molecule has 1 heterocycles. The number of hydrogen-bond donors (Lipinski definition) is 1. The topological polar surface area (TPSA) is 58.6 Å². The van der Waals surface area contributed by atoms with Crippen molar-refractivity contribution in [2.45, 2.75) is 6.61 Å². The highest BCUT2D eigenvalue weighted by atomic mass is 35.5. The van der Waals surface area contributed by atoms with Gasteiger partial charge in [0.05, 0.1) is 5.69 Å². The molecule has 154 valence electrons. The van der Waals surface area contributed by atoms with Gasteiger partial charge in [0.25, 0.3) is 11.8 Å². The number of benzene rings is 3. The maximum absolute atomic E-state index is 13.0. The third-order valence-corrected chi connectivity index (χ3v) is 5.10. The molecule has 0 spiro atoms. The van der Waals surface area contributed by atoms with Crippen LogP contribution in [0.2, 0.25) is 5.02 Å².